The minimum absolute atomic E-state index is 0.264. The molecule has 0 spiro atoms. The number of thiophene rings is 1. The summed E-state index contributed by atoms with van der Waals surface area (Å²) in [5.74, 6) is 1.23. The first kappa shape index (κ1) is 21.5. The van der Waals surface area contributed by atoms with Crippen LogP contribution in [0.5, 0.6) is 5.75 Å². The first-order valence-electron chi connectivity index (χ1n) is 11.0. The van der Waals surface area contributed by atoms with Gasteiger partial charge in [-0.3, -0.25) is 4.90 Å². The lowest BCUT2D eigenvalue weighted by Crippen LogP contribution is -2.29. The van der Waals surface area contributed by atoms with Gasteiger partial charge in [0.25, 0.3) is 0 Å². The molecule has 0 aliphatic carbocycles. The van der Waals surface area contributed by atoms with Gasteiger partial charge in [-0.25, -0.2) is 0 Å². The molecule has 1 unspecified atom stereocenters. The monoisotopic (exact) mass is 437 g/mol. The SMILES string of the molecule is CSc1ccccc1C(c1ccc(OCCN2CCCCCC2)cc1)c1cccs1. The van der Waals surface area contributed by atoms with Gasteiger partial charge in [-0.1, -0.05) is 49.2 Å². The molecule has 0 amide bonds. The van der Waals surface area contributed by atoms with Gasteiger partial charge in [-0.2, -0.15) is 0 Å². The molecule has 1 saturated heterocycles. The molecule has 1 aromatic heterocycles. The zero-order chi connectivity index (χ0) is 20.6. The summed E-state index contributed by atoms with van der Waals surface area (Å²) in [7, 11) is 0. The molecule has 158 valence electrons. The highest BCUT2D eigenvalue weighted by Gasteiger charge is 2.20. The van der Waals surface area contributed by atoms with Crippen molar-refractivity contribution in [3.63, 3.8) is 0 Å². The van der Waals surface area contributed by atoms with Crippen LogP contribution in [0.1, 0.15) is 47.6 Å². The number of benzene rings is 2. The highest BCUT2D eigenvalue weighted by atomic mass is 32.2. The fourth-order valence-electron chi connectivity index (χ4n) is 4.27. The molecule has 1 aliphatic rings. The van der Waals surface area contributed by atoms with Crippen molar-refractivity contribution in [1.82, 2.24) is 4.90 Å². The van der Waals surface area contributed by atoms with E-state index in [1.165, 1.54) is 59.7 Å². The van der Waals surface area contributed by atoms with Crippen molar-refractivity contribution < 1.29 is 4.74 Å². The van der Waals surface area contributed by atoms with E-state index in [1.54, 1.807) is 0 Å². The number of thioether (sulfide) groups is 1. The molecular weight excluding hydrogens is 406 g/mol. The van der Waals surface area contributed by atoms with E-state index in [-0.39, 0.29) is 5.92 Å². The standard InChI is InChI=1S/C26H31NOS2/c1-29-24-10-5-4-9-23(24)26(25-11-8-20-30-25)21-12-14-22(15-13-21)28-19-18-27-16-6-2-3-7-17-27/h4-5,8-15,20,26H,2-3,6-7,16-19H2,1H3. The third-order valence-electron chi connectivity index (χ3n) is 5.87. The van der Waals surface area contributed by atoms with E-state index < -0.39 is 0 Å². The van der Waals surface area contributed by atoms with E-state index in [4.69, 9.17) is 4.74 Å². The molecule has 2 heterocycles. The molecule has 1 aliphatic heterocycles. The van der Waals surface area contributed by atoms with Crippen molar-refractivity contribution in [3.05, 3.63) is 82.0 Å². The highest BCUT2D eigenvalue weighted by molar-refractivity contribution is 7.98. The number of ether oxygens (including phenoxy) is 1. The van der Waals surface area contributed by atoms with Gasteiger partial charge in [0, 0.05) is 22.2 Å². The molecule has 1 atom stereocenters. The van der Waals surface area contributed by atoms with Crippen LogP contribution in [0.15, 0.2) is 70.9 Å². The topological polar surface area (TPSA) is 12.5 Å². The van der Waals surface area contributed by atoms with Crippen LogP contribution in [0, 0.1) is 0 Å². The molecule has 0 radical (unpaired) electrons. The second kappa shape index (κ2) is 11.0. The Hall–Kier alpha value is -1.75. The second-order valence-electron chi connectivity index (χ2n) is 7.86. The zero-order valence-corrected chi connectivity index (χ0v) is 19.4. The Bertz CT molecular complexity index is 884. The Labute approximate surface area is 189 Å². The Balaban J connectivity index is 1.46. The summed E-state index contributed by atoms with van der Waals surface area (Å²) in [4.78, 5) is 5.27. The van der Waals surface area contributed by atoms with E-state index in [1.807, 2.05) is 23.1 Å². The molecular formula is C26H31NOS2. The van der Waals surface area contributed by atoms with Crippen molar-refractivity contribution in [2.75, 3.05) is 32.5 Å². The van der Waals surface area contributed by atoms with Crippen LogP contribution in [0.4, 0.5) is 0 Å². The fraction of sp³-hybridized carbons (Fsp3) is 0.385. The van der Waals surface area contributed by atoms with Gasteiger partial charge in [0.05, 0.1) is 0 Å². The molecule has 3 aromatic rings. The summed E-state index contributed by atoms with van der Waals surface area (Å²) in [6.45, 7) is 4.24. The third kappa shape index (κ3) is 5.48. The Kier molecular flexibility index (Phi) is 7.90. The predicted octanol–water partition coefficient (Wildman–Crippen LogP) is 6.91. The van der Waals surface area contributed by atoms with Crippen molar-refractivity contribution in [1.29, 1.82) is 0 Å². The summed E-state index contributed by atoms with van der Waals surface area (Å²) in [6, 6.07) is 21.9. The zero-order valence-electron chi connectivity index (χ0n) is 17.8. The maximum Gasteiger partial charge on any atom is 0.119 e. The number of likely N-dealkylation sites (tertiary alicyclic amines) is 1. The molecule has 0 saturated carbocycles. The van der Waals surface area contributed by atoms with E-state index in [0.717, 1.165) is 18.9 Å². The molecule has 2 nitrogen and oxygen atoms in total. The van der Waals surface area contributed by atoms with Crippen LogP contribution in [0.2, 0.25) is 0 Å². The van der Waals surface area contributed by atoms with Gasteiger partial charge in [0.2, 0.25) is 0 Å². The maximum absolute atomic E-state index is 6.08. The summed E-state index contributed by atoms with van der Waals surface area (Å²) >= 11 is 3.65. The van der Waals surface area contributed by atoms with Gasteiger partial charge >= 0.3 is 0 Å². The fourth-order valence-corrected chi connectivity index (χ4v) is 5.77. The normalized spacial score (nSPS) is 16.2. The van der Waals surface area contributed by atoms with Crippen LogP contribution >= 0.6 is 23.1 Å². The molecule has 30 heavy (non-hydrogen) atoms. The van der Waals surface area contributed by atoms with Crippen molar-refractivity contribution in [3.8, 4) is 5.75 Å². The van der Waals surface area contributed by atoms with E-state index in [2.05, 4.69) is 77.2 Å². The van der Waals surface area contributed by atoms with E-state index >= 15 is 0 Å². The van der Waals surface area contributed by atoms with Gasteiger partial charge in [-0.05, 0) is 73.0 Å². The summed E-state index contributed by atoms with van der Waals surface area (Å²) in [6.07, 6.45) is 7.58. The lowest BCUT2D eigenvalue weighted by atomic mass is 9.90. The molecule has 4 heteroatoms. The molecule has 1 fully saturated rings. The van der Waals surface area contributed by atoms with Gasteiger partial charge in [-0.15, -0.1) is 23.1 Å². The highest BCUT2D eigenvalue weighted by Crippen LogP contribution is 2.39. The minimum atomic E-state index is 0.264. The molecule has 0 N–H and O–H groups in total. The Morgan fingerprint density at radius 3 is 2.40 bits per heavy atom. The lowest BCUT2D eigenvalue weighted by molar-refractivity contribution is 0.214. The number of hydrogen-bond donors (Lipinski definition) is 0. The van der Waals surface area contributed by atoms with Crippen molar-refractivity contribution in [2.45, 2.75) is 36.5 Å². The minimum Gasteiger partial charge on any atom is -0.492 e. The van der Waals surface area contributed by atoms with Crippen LogP contribution in [-0.2, 0) is 0 Å². The third-order valence-corrected chi connectivity index (χ3v) is 7.61. The average molecular weight is 438 g/mol. The quantitative estimate of drug-likeness (QED) is 0.355. The van der Waals surface area contributed by atoms with E-state index in [0.29, 0.717) is 0 Å². The number of rotatable bonds is 8. The first-order chi connectivity index (χ1) is 14.8. The lowest BCUT2D eigenvalue weighted by Gasteiger charge is -2.21. The van der Waals surface area contributed by atoms with Crippen LogP contribution in [0.25, 0.3) is 0 Å². The molecule has 0 bridgehead atoms. The van der Waals surface area contributed by atoms with Crippen molar-refractivity contribution >= 4 is 23.1 Å². The first-order valence-corrected chi connectivity index (χ1v) is 13.1. The van der Waals surface area contributed by atoms with E-state index in [9.17, 15) is 0 Å². The second-order valence-corrected chi connectivity index (χ2v) is 9.69. The molecule has 2 aromatic carbocycles. The van der Waals surface area contributed by atoms with Crippen molar-refractivity contribution in [2.24, 2.45) is 0 Å². The van der Waals surface area contributed by atoms with Gasteiger partial charge in [0.1, 0.15) is 12.4 Å². The van der Waals surface area contributed by atoms with Gasteiger partial charge < -0.3 is 4.74 Å². The summed E-state index contributed by atoms with van der Waals surface area (Å²) in [5, 5.41) is 2.17. The largest absolute Gasteiger partial charge is 0.492 e. The summed E-state index contributed by atoms with van der Waals surface area (Å²) < 4.78 is 6.08. The van der Waals surface area contributed by atoms with Crippen LogP contribution in [-0.4, -0.2) is 37.4 Å². The van der Waals surface area contributed by atoms with Gasteiger partial charge in [0.15, 0.2) is 0 Å². The molecule has 4 rings (SSSR count). The average Bonchev–Trinajstić information content (AvgIpc) is 3.19. The smallest absolute Gasteiger partial charge is 0.119 e. The summed E-state index contributed by atoms with van der Waals surface area (Å²) in [5.41, 5.74) is 2.70. The predicted molar refractivity (Wildman–Crippen MR) is 130 cm³/mol. The number of nitrogens with zero attached hydrogens (tertiary/aromatic N) is 1. The maximum atomic E-state index is 6.08. The Morgan fingerprint density at radius 1 is 0.933 bits per heavy atom. The number of hydrogen-bond acceptors (Lipinski definition) is 4. The van der Waals surface area contributed by atoms with Crippen LogP contribution in [0.3, 0.4) is 0 Å². The Morgan fingerprint density at radius 2 is 1.70 bits per heavy atom. The van der Waals surface area contributed by atoms with Crippen LogP contribution < -0.4 is 4.74 Å².